The zero-order valence-electron chi connectivity index (χ0n) is 17.3. The Hall–Kier alpha value is -1.60. The highest BCUT2D eigenvalue weighted by molar-refractivity contribution is 6.74. The molecule has 0 aromatic heterocycles. The summed E-state index contributed by atoms with van der Waals surface area (Å²) in [4.78, 5) is 25.1. The van der Waals surface area contributed by atoms with Gasteiger partial charge in [0.25, 0.3) is 0 Å². The summed E-state index contributed by atoms with van der Waals surface area (Å²) in [5.41, 5.74) is -0.183. The molecular weight excluding hydrogens is 364 g/mol. The van der Waals surface area contributed by atoms with E-state index in [2.05, 4.69) is 33.9 Å². The van der Waals surface area contributed by atoms with Crippen LogP contribution in [-0.4, -0.2) is 45.2 Å². The molecule has 3 heterocycles. The molecule has 6 nitrogen and oxygen atoms in total. The predicted octanol–water partition coefficient (Wildman–Crippen LogP) is 3.48. The molecule has 0 aromatic rings. The largest absolute Gasteiger partial charge is 0.546 e. The summed E-state index contributed by atoms with van der Waals surface area (Å²) in [5, 5.41) is -0.00293. The molecule has 150 valence electrons. The van der Waals surface area contributed by atoms with Crippen molar-refractivity contribution < 1.29 is 28.2 Å². The molecule has 3 rings (SSSR count). The first kappa shape index (κ1) is 20.1. The molecule has 0 aliphatic carbocycles. The molecule has 3 aliphatic heterocycles. The Labute approximate surface area is 162 Å². The van der Waals surface area contributed by atoms with E-state index in [0.717, 1.165) is 0 Å². The monoisotopic (exact) mass is 394 g/mol. The smallest absolute Gasteiger partial charge is 0.348 e. The molecule has 0 N–H and O–H groups in total. The van der Waals surface area contributed by atoms with Crippen LogP contribution >= 0.6 is 0 Å². The molecule has 3 aliphatic rings. The zero-order valence-corrected chi connectivity index (χ0v) is 18.3. The first-order chi connectivity index (χ1) is 12.3. The van der Waals surface area contributed by atoms with Gasteiger partial charge in [0.05, 0.1) is 11.9 Å². The third-order valence-corrected chi connectivity index (χ3v) is 10.3. The second kappa shape index (κ2) is 6.48. The molecule has 0 spiro atoms. The third-order valence-electron chi connectivity index (χ3n) is 5.93. The number of carbonyl (C=O) groups is 2. The van der Waals surface area contributed by atoms with E-state index < -0.39 is 37.9 Å². The molecule has 0 unspecified atom stereocenters. The van der Waals surface area contributed by atoms with Crippen LogP contribution in [0.3, 0.4) is 0 Å². The Bertz CT molecular complexity index is 712. The molecule has 0 radical (unpaired) electrons. The topological polar surface area (TPSA) is 71.1 Å². The summed E-state index contributed by atoms with van der Waals surface area (Å²) >= 11 is 0. The number of rotatable bonds is 4. The highest BCUT2D eigenvalue weighted by Gasteiger charge is 2.49. The predicted molar refractivity (Wildman–Crippen MR) is 102 cm³/mol. The van der Waals surface area contributed by atoms with Crippen LogP contribution in [0.5, 0.6) is 0 Å². The Morgan fingerprint density at radius 3 is 2.48 bits per heavy atom. The van der Waals surface area contributed by atoms with Gasteiger partial charge >= 0.3 is 11.9 Å². The number of cyclic esters (lactones) is 1. The molecule has 2 bridgehead atoms. The lowest BCUT2D eigenvalue weighted by Gasteiger charge is -2.39. The van der Waals surface area contributed by atoms with Gasteiger partial charge in [-0.05, 0) is 18.1 Å². The summed E-state index contributed by atoms with van der Waals surface area (Å²) in [6.07, 6.45) is 2.82. The SMILES string of the molecule is CC1(C)COC(=O)[C@@H]1OC(=O)C1=C(O[Si](C)(C)C(C)(C)C)C[C@@H]2C=C[C@H]1O2. The van der Waals surface area contributed by atoms with E-state index in [1.807, 2.05) is 26.0 Å². The summed E-state index contributed by atoms with van der Waals surface area (Å²) < 4.78 is 23.0. The fourth-order valence-electron chi connectivity index (χ4n) is 3.13. The van der Waals surface area contributed by atoms with E-state index in [-0.39, 0.29) is 17.7 Å². The lowest BCUT2D eigenvalue weighted by Crippen LogP contribution is -2.43. The maximum absolute atomic E-state index is 13.1. The third kappa shape index (κ3) is 3.71. The minimum atomic E-state index is -2.14. The van der Waals surface area contributed by atoms with Crippen LogP contribution in [-0.2, 0) is 28.2 Å². The van der Waals surface area contributed by atoms with Crippen LogP contribution in [0.25, 0.3) is 0 Å². The Balaban J connectivity index is 1.90. The fraction of sp³-hybridized carbons (Fsp3) is 0.700. The number of esters is 2. The first-order valence-corrected chi connectivity index (χ1v) is 12.4. The number of ether oxygens (including phenoxy) is 3. The van der Waals surface area contributed by atoms with Gasteiger partial charge in [-0.3, -0.25) is 0 Å². The highest BCUT2D eigenvalue weighted by Crippen LogP contribution is 2.42. The van der Waals surface area contributed by atoms with Gasteiger partial charge in [-0.2, -0.15) is 0 Å². The molecule has 1 saturated heterocycles. The average molecular weight is 395 g/mol. The van der Waals surface area contributed by atoms with Gasteiger partial charge in [-0.1, -0.05) is 46.8 Å². The van der Waals surface area contributed by atoms with Crippen LogP contribution < -0.4 is 0 Å². The van der Waals surface area contributed by atoms with E-state index >= 15 is 0 Å². The molecule has 0 aromatic carbocycles. The minimum Gasteiger partial charge on any atom is -0.546 e. The molecule has 1 fully saturated rings. The standard InChI is InChI=1S/C20H30O6Si/c1-19(2,3)27(6,7)26-14-10-12-8-9-13(24-12)15(14)17(21)25-16-18(22)23-11-20(16,4)5/h8-9,12-13,16H,10-11H2,1-7H3/t12-,13+,16-/m0/s1. The maximum atomic E-state index is 13.1. The van der Waals surface area contributed by atoms with Gasteiger partial charge in [0.15, 0.2) is 0 Å². The Kier molecular flexibility index (Phi) is 4.83. The second-order valence-corrected chi connectivity index (χ2v) is 14.5. The fourth-order valence-corrected chi connectivity index (χ4v) is 4.24. The number of carbonyl (C=O) groups excluding carboxylic acids is 2. The van der Waals surface area contributed by atoms with Crippen molar-refractivity contribution >= 4 is 20.3 Å². The Morgan fingerprint density at radius 2 is 1.93 bits per heavy atom. The van der Waals surface area contributed by atoms with Crippen LogP contribution in [0.2, 0.25) is 18.1 Å². The van der Waals surface area contributed by atoms with Gasteiger partial charge in [0.1, 0.15) is 18.3 Å². The van der Waals surface area contributed by atoms with Gasteiger partial charge in [-0.25, -0.2) is 9.59 Å². The van der Waals surface area contributed by atoms with E-state index in [1.165, 1.54) is 0 Å². The number of hydrogen-bond donors (Lipinski definition) is 0. The van der Waals surface area contributed by atoms with Crippen molar-refractivity contribution in [1.29, 1.82) is 0 Å². The van der Waals surface area contributed by atoms with E-state index in [9.17, 15) is 9.59 Å². The van der Waals surface area contributed by atoms with Gasteiger partial charge in [0, 0.05) is 11.8 Å². The normalized spacial score (nSPS) is 29.7. The Morgan fingerprint density at radius 1 is 1.26 bits per heavy atom. The van der Waals surface area contributed by atoms with Crippen molar-refractivity contribution in [3.63, 3.8) is 0 Å². The second-order valence-electron chi connectivity index (χ2n) is 9.77. The van der Waals surface area contributed by atoms with Gasteiger partial charge in [-0.15, -0.1) is 0 Å². The molecule has 0 amide bonds. The van der Waals surface area contributed by atoms with Crippen molar-refractivity contribution in [1.82, 2.24) is 0 Å². The number of fused-ring (bicyclic) bond motifs is 2. The lowest BCUT2D eigenvalue weighted by molar-refractivity contribution is -0.161. The van der Waals surface area contributed by atoms with Crippen LogP contribution in [0.15, 0.2) is 23.5 Å². The first-order valence-electron chi connectivity index (χ1n) is 9.45. The van der Waals surface area contributed by atoms with Gasteiger partial charge in [0.2, 0.25) is 14.4 Å². The zero-order chi connectivity index (χ0) is 20.2. The minimum absolute atomic E-state index is 0.00293. The van der Waals surface area contributed by atoms with E-state index in [4.69, 9.17) is 18.6 Å². The lowest BCUT2D eigenvalue weighted by atomic mass is 9.89. The average Bonchev–Trinajstić information content (AvgIpc) is 3.01. The van der Waals surface area contributed by atoms with E-state index in [1.54, 1.807) is 0 Å². The maximum Gasteiger partial charge on any atom is 0.348 e. The van der Waals surface area contributed by atoms with E-state index in [0.29, 0.717) is 17.8 Å². The quantitative estimate of drug-likeness (QED) is 0.413. The summed E-state index contributed by atoms with van der Waals surface area (Å²) in [6, 6.07) is 0. The molecule has 27 heavy (non-hydrogen) atoms. The molecule has 7 heteroatoms. The van der Waals surface area contributed by atoms with Crippen LogP contribution in [0.4, 0.5) is 0 Å². The highest BCUT2D eigenvalue weighted by atomic mass is 28.4. The van der Waals surface area contributed by atoms with Gasteiger partial charge < -0.3 is 18.6 Å². The molecule has 0 saturated carbocycles. The van der Waals surface area contributed by atoms with Crippen LogP contribution in [0.1, 0.15) is 41.0 Å². The van der Waals surface area contributed by atoms with Crippen molar-refractivity contribution in [2.45, 2.75) is 77.5 Å². The van der Waals surface area contributed by atoms with Crippen molar-refractivity contribution in [2.75, 3.05) is 6.61 Å². The van der Waals surface area contributed by atoms with Crippen molar-refractivity contribution in [2.24, 2.45) is 5.41 Å². The van der Waals surface area contributed by atoms with Crippen molar-refractivity contribution in [3.8, 4) is 0 Å². The number of hydrogen-bond acceptors (Lipinski definition) is 6. The van der Waals surface area contributed by atoms with Crippen molar-refractivity contribution in [3.05, 3.63) is 23.5 Å². The van der Waals surface area contributed by atoms with Crippen LogP contribution in [0, 0.1) is 5.41 Å². The molecular formula is C20H30O6Si. The summed E-state index contributed by atoms with van der Waals surface area (Å²) in [5.74, 6) is -0.421. The summed E-state index contributed by atoms with van der Waals surface area (Å²) in [7, 11) is -2.14. The molecule has 3 atom stereocenters. The summed E-state index contributed by atoms with van der Waals surface area (Å²) in [6.45, 7) is 14.7.